The maximum Gasteiger partial charge on any atom is 0.104 e. The molecule has 0 N–H and O–H groups in total. The van der Waals surface area contributed by atoms with E-state index in [4.69, 9.17) is 0 Å². The minimum absolute atomic E-state index is 0. The van der Waals surface area contributed by atoms with E-state index in [1.165, 1.54) is 11.1 Å². The SMILES string of the molecule is C=Cc1ccc(C[N+](C)(C)C)cc1.[CH3-]. The number of quaternary nitrogens is 1. The molecule has 1 aromatic rings. The molecule has 0 spiro atoms. The van der Waals surface area contributed by atoms with E-state index in [1.807, 2.05) is 6.08 Å². The van der Waals surface area contributed by atoms with Crippen molar-refractivity contribution in [3.8, 4) is 0 Å². The third-order valence-electron chi connectivity index (χ3n) is 1.87. The highest BCUT2D eigenvalue weighted by Gasteiger charge is 2.07. The first kappa shape index (κ1) is 12.9. The van der Waals surface area contributed by atoms with Gasteiger partial charge in [0.25, 0.3) is 0 Å². The molecule has 1 rings (SSSR count). The Morgan fingerprint density at radius 2 is 1.64 bits per heavy atom. The number of hydrogen-bond donors (Lipinski definition) is 0. The third kappa shape index (κ3) is 4.24. The molecule has 0 saturated carbocycles. The Bertz CT molecular complexity index is 277. The summed E-state index contributed by atoms with van der Waals surface area (Å²) in [6, 6.07) is 8.55. The Hall–Kier alpha value is -1.08. The van der Waals surface area contributed by atoms with Crippen LogP contribution in [0, 0.1) is 7.43 Å². The maximum atomic E-state index is 3.73. The van der Waals surface area contributed by atoms with E-state index in [2.05, 4.69) is 52.0 Å². The Balaban J connectivity index is 0.00000169. The molecule has 0 aliphatic heterocycles. The molecule has 0 radical (unpaired) electrons. The van der Waals surface area contributed by atoms with Crippen molar-refractivity contribution in [2.45, 2.75) is 6.54 Å². The summed E-state index contributed by atoms with van der Waals surface area (Å²) in [7, 11) is 6.59. The van der Waals surface area contributed by atoms with Gasteiger partial charge in [0.2, 0.25) is 0 Å². The zero-order valence-corrected chi connectivity index (χ0v) is 9.75. The first-order chi connectivity index (χ1) is 6.01. The number of rotatable bonds is 3. The van der Waals surface area contributed by atoms with Crippen LogP contribution in [0.1, 0.15) is 11.1 Å². The van der Waals surface area contributed by atoms with Crippen molar-refractivity contribution in [2.24, 2.45) is 0 Å². The van der Waals surface area contributed by atoms with Gasteiger partial charge in [-0.05, 0) is 5.56 Å². The van der Waals surface area contributed by atoms with Gasteiger partial charge in [-0.2, -0.15) is 0 Å². The molecule has 1 heteroatoms. The zero-order valence-electron chi connectivity index (χ0n) is 9.75. The Morgan fingerprint density at radius 3 is 2.00 bits per heavy atom. The largest absolute Gasteiger partial charge is 0.358 e. The van der Waals surface area contributed by atoms with Crippen LogP contribution >= 0.6 is 0 Å². The molecule has 78 valence electrons. The van der Waals surface area contributed by atoms with Crippen LogP contribution in [0.15, 0.2) is 30.8 Å². The molecular weight excluding hydrogens is 170 g/mol. The second-order valence-corrected chi connectivity index (χ2v) is 4.39. The zero-order chi connectivity index (χ0) is 9.90. The van der Waals surface area contributed by atoms with Crippen molar-refractivity contribution in [2.75, 3.05) is 21.1 Å². The fraction of sp³-hybridized carbons (Fsp3) is 0.308. The lowest BCUT2D eigenvalue weighted by molar-refractivity contribution is -0.884. The highest BCUT2D eigenvalue weighted by molar-refractivity contribution is 5.47. The van der Waals surface area contributed by atoms with Crippen molar-refractivity contribution in [1.29, 1.82) is 0 Å². The summed E-state index contributed by atoms with van der Waals surface area (Å²) < 4.78 is 0.966. The molecule has 0 atom stereocenters. The van der Waals surface area contributed by atoms with Gasteiger partial charge in [0.05, 0.1) is 21.1 Å². The minimum Gasteiger partial charge on any atom is -0.358 e. The monoisotopic (exact) mass is 191 g/mol. The Labute approximate surface area is 88.3 Å². The van der Waals surface area contributed by atoms with Gasteiger partial charge in [-0.15, -0.1) is 0 Å². The average Bonchev–Trinajstić information content (AvgIpc) is 2.03. The van der Waals surface area contributed by atoms with Crippen molar-refractivity contribution < 1.29 is 4.48 Å². The predicted octanol–water partition coefficient (Wildman–Crippen LogP) is 2.99. The summed E-state index contributed by atoms with van der Waals surface area (Å²) in [5, 5.41) is 0. The van der Waals surface area contributed by atoms with Gasteiger partial charge < -0.3 is 11.9 Å². The molecule has 0 saturated heterocycles. The van der Waals surface area contributed by atoms with Crippen LogP contribution in [0.2, 0.25) is 0 Å². The maximum absolute atomic E-state index is 3.73. The molecule has 14 heavy (non-hydrogen) atoms. The quantitative estimate of drug-likeness (QED) is 0.509. The third-order valence-corrected chi connectivity index (χ3v) is 1.87. The molecule has 0 aliphatic carbocycles. The smallest absolute Gasteiger partial charge is 0.104 e. The van der Waals surface area contributed by atoms with Gasteiger partial charge in [0, 0.05) is 5.56 Å². The van der Waals surface area contributed by atoms with Crippen LogP contribution in [0.5, 0.6) is 0 Å². The van der Waals surface area contributed by atoms with Crippen molar-refractivity contribution in [3.63, 3.8) is 0 Å². The Morgan fingerprint density at radius 1 is 1.14 bits per heavy atom. The molecule has 0 bridgehead atoms. The van der Waals surface area contributed by atoms with Gasteiger partial charge in [-0.25, -0.2) is 0 Å². The van der Waals surface area contributed by atoms with Gasteiger partial charge in [-0.3, -0.25) is 0 Å². The Kier molecular flexibility index (Phi) is 4.58. The van der Waals surface area contributed by atoms with Gasteiger partial charge in [-0.1, -0.05) is 36.9 Å². The van der Waals surface area contributed by atoms with E-state index >= 15 is 0 Å². The summed E-state index contributed by atoms with van der Waals surface area (Å²) in [5.41, 5.74) is 2.56. The lowest BCUT2D eigenvalue weighted by atomic mass is 10.1. The lowest BCUT2D eigenvalue weighted by Crippen LogP contribution is -2.33. The first-order valence-electron chi connectivity index (χ1n) is 4.53. The van der Waals surface area contributed by atoms with Crippen LogP contribution in [-0.4, -0.2) is 25.6 Å². The topological polar surface area (TPSA) is 0 Å². The van der Waals surface area contributed by atoms with Crippen LogP contribution < -0.4 is 0 Å². The molecular formula is C13H21N. The summed E-state index contributed by atoms with van der Waals surface area (Å²) in [6.07, 6.45) is 1.87. The molecule has 0 unspecified atom stereocenters. The fourth-order valence-corrected chi connectivity index (χ4v) is 1.31. The normalized spacial score (nSPS) is 10.5. The van der Waals surface area contributed by atoms with Crippen LogP contribution in [-0.2, 0) is 6.54 Å². The van der Waals surface area contributed by atoms with Crippen LogP contribution in [0.4, 0.5) is 0 Å². The van der Waals surface area contributed by atoms with Crippen molar-refractivity contribution in [3.05, 3.63) is 49.4 Å². The first-order valence-corrected chi connectivity index (χ1v) is 4.53. The fourth-order valence-electron chi connectivity index (χ4n) is 1.31. The molecule has 1 aromatic carbocycles. The highest BCUT2D eigenvalue weighted by Crippen LogP contribution is 2.09. The minimum atomic E-state index is 0. The highest BCUT2D eigenvalue weighted by atomic mass is 15.3. The second kappa shape index (κ2) is 4.97. The van der Waals surface area contributed by atoms with E-state index < -0.39 is 0 Å². The van der Waals surface area contributed by atoms with E-state index in [9.17, 15) is 0 Å². The lowest BCUT2D eigenvalue weighted by Gasteiger charge is -2.23. The molecule has 1 nitrogen and oxygen atoms in total. The molecule has 0 fully saturated rings. The van der Waals surface area contributed by atoms with E-state index in [0.29, 0.717) is 0 Å². The predicted molar refractivity (Wildman–Crippen MR) is 64.7 cm³/mol. The molecule has 0 heterocycles. The van der Waals surface area contributed by atoms with E-state index in [-0.39, 0.29) is 7.43 Å². The summed E-state index contributed by atoms with van der Waals surface area (Å²) in [6.45, 7) is 4.80. The van der Waals surface area contributed by atoms with Gasteiger partial charge in [0.1, 0.15) is 6.54 Å². The average molecular weight is 191 g/mol. The van der Waals surface area contributed by atoms with Crippen molar-refractivity contribution >= 4 is 6.08 Å². The molecule has 0 aliphatic rings. The molecule has 0 aromatic heterocycles. The number of nitrogens with zero attached hydrogens (tertiary/aromatic N) is 1. The number of hydrogen-bond acceptors (Lipinski definition) is 0. The van der Waals surface area contributed by atoms with Crippen LogP contribution in [0.25, 0.3) is 6.08 Å². The van der Waals surface area contributed by atoms with Gasteiger partial charge in [0.15, 0.2) is 0 Å². The summed E-state index contributed by atoms with van der Waals surface area (Å²) in [5.74, 6) is 0. The van der Waals surface area contributed by atoms with E-state index in [0.717, 1.165) is 11.0 Å². The number of benzene rings is 1. The summed E-state index contributed by atoms with van der Waals surface area (Å²) >= 11 is 0. The standard InChI is InChI=1S/C12H18N.CH3/c1-5-11-6-8-12(9-7-11)10-13(2,3)4;/h5-9H,1,10H2,2-4H3;1H3/q+1;-1. The molecule has 0 amide bonds. The summed E-state index contributed by atoms with van der Waals surface area (Å²) in [4.78, 5) is 0. The van der Waals surface area contributed by atoms with E-state index in [1.54, 1.807) is 0 Å². The second-order valence-electron chi connectivity index (χ2n) is 4.39. The van der Waals surface area contributed by atoms with Crippen molar-refractivity contribution in [1.82, 2.24) is 0 Å². The van der Waals surface area contributed by atoms with Gasteiger partial charge >= 0.3 is 0 Å². The van der Waals surface area contributed by atoms with Crippen LogP contribution in [0.3, 0.4) is 0 Å².